The van der Waals surface area contributed by atoms with Crippen molar-refractivity contribution < 1.29 is 19.4 Å². The number of esters is 1. The summed E-state index contributed by atoms with van der Waals surface area (Å²) < 4.78 is 4.82. The first-order chi connectivity index (χ1) is 13.7. The maximum atomic E-state index is 12.3. The minimum absolute atomic E-state index is 0.302. The van der Waals surface area contributed by atoms with E-state index in [1.807, 2.05) is 12.1 Å². The number of hydrogen-bond donors (Lipinski definition) is 2. The molecule has 0 aliphatic carbocycles. The normalized spacial score (nSPS) is 26.2. The predicted octanol–water partition coefficient (Wildman–Crippen LogP) is 4.10. The van der Waals surface area contributed by atoms with Crippen molar-refractivity contribution in [3.63, 3.8) is 0 Å². The van der Waals surface area contributed by atoms with Crippen LogP contribution in [-0.4, -0.2) is 48.8 Å². The molecule has 1 amide bonds. The summed E-state index contributed by atoms with van der Waals surface area (Å²) in [5, 5.41) is 13.6. The second-order valence-corrected chi connectivity index (χ2v) is 9.45. The highest BCUT2D eigenvalue weighted by molar-refractivity contribution is 5.89. The number of hydrogen-bond acceptors (Lipinski definition) is 4. The van der Waals surface area contributed by atoms with Gasteiger partial charge in [-0.05, 0) is 73.7 Å². The van der Waals surface area contributed by atoms with E-state index in [2.05, 4.69) is 26.1 Å². The van der Waals surface area contributed by atoms with Gasteiger partial charge in [-0.15, -0.1) is 0 Å². The van der Waals surface area contributed by atoms with E-state index < -0.39 is 11.6 Å². The van der Waals surface area contributed by atoms with Crippen molar-refractivity contribution in [1.29, 1.82) is 0 Å². The Morgan fingerprint density at radius 3 is 2.24 bits per heavy atom. The average Bonchev–Trinajstić information content (AvgIpc) is 2.72. The minimum atomic E-state index is -0.874. The number of piperidine rings is 2. The number of nitrogens with one attached hydrogen (secondary N) is 1. The summed E-state index contributed by atoms with van der Waals surface area (Å²) in [4.78, 5) is 25.9. The highest BCUT2D eigenvalue weighted by atomic mass is 16.5. The molecule has 0 radical (unpaired) electrons. The number of benzene rings is 1. The molecule has 2 aliphatic heterocycles. The van der Waals surface area contributed by atoms with Gasteiger partial charge in [0.05, 0.1) is 18.2 Å². The summed E-state index contributed by atoms with van der Waals surface area (Å²) in [5.74, 6) is 0.739. The van der Waals surface area contributed by atoms with Crippen LogP contribution in [0.25, 0.3) is 0 Å². The number of carbonyl (C=O) groups excluding carboxylic acids is 1. The Morgan fingerprint density at radius 2 is 1.72 bits per heavy atom. The molecule has 6 heteroatoms. The smallest absolute Gasteiger partial charge is 0.408 e. The van der Waals surface area contributed by atoms with Crippen LogP contribution in [0.4, 0.5) is 4.79 Å². The molecule has 3 rings (SSSR count). The first-order valence-corrected chi connectivity index (χ1v) is 10.6. The maximum Gasteiger partial charge on any atom is 0.408 e. The molecule has 2 atom stereocenters. The lowest BCUT2D eigenvalue weighted by atomic mass is 9.60. The topological polar surface area (TPSA) is 78.9 Å². The zero-order valence-corrected chi connectivity index (χ0v) is 18.0. The van der Waals surface area contributed by atoms with E-state index in [-0.39, 0.29) is 11.4 Å². The van der Waals surface area contributed by atoms with E-state index in [1.54, 1.807) is 17.0 Å². The van der Waals surface area contributed by atoms with Crippen LogP contribution in [0.1, 0.15) is 62.4 Å². The third-order valence-electron chi connectivity index (χ3n) is 7.05. The van der Waals surface area contributed by atoms with Crippen LogP contribution in [0.2, 0.25) is 0 Å². The zero-order valence-electron chi connectivity index (χ0n) is 18.0. The van der Waals surface area contributed by atoms with Crippen molar-refractivity contribution >= 4 is 12.1 Å². The van der Waals surface area contributed by atoms with E-state index in [9.17, 15) is 14.7 Å². The van der Waals surface area contributed by atoms with Crippen LogP contribution in [0.3, 0.4) is 0 Å². The molecule has 1 aromatic carbocycles. The van der Waals surface area contributed by atoms with Gasteiger partial charge in [0.25, 0.3) is 0 Å². The molecule has 0 bridgehead atoms. The maximum absolute atomic E-state index is 12.3. The van der Waals surface area contributed by atoms with Gasteiger partial charge < -0.3 is 15.2 Å². The molecule has 2 heterocycles. The summed E-state index contributed by atoms with van der Waals surface area (Å²) in [5.41, 5.74) is 0.497. The highest BCUT2D eigenvalue weighted by Crippen LogP contribution is 2.53. The van der Waals surface area contributed by atoms with Crippen LogP contribution in [0.15, 0.2) is 24.3 Å². The first kappa shape index (κ1) is 21.6. The Morgan fingerprint density at radius 1 is 1.10 bits per heavy atom. The van der Waals surface area contributed by atoms with Gasteiger partial charge in [0, 0.05) is 6.54 Å². The summed E-state index contributed by atoms with van der Waals surface area (Å²) in [7, 11) is 1.36. The van der Waals surface area contributed by atoms with Gasteiger partial charge in [-0.25, -0.2) is 9.59 Å². The van der Waals surface area contributed by atoms with Gasteiger partial charge in [0.2, 0.25) is 0 Å². The summed E-state index contributed by atoms with van der Waals surface area (Å²) in [6.07, 6.45) is 3.15. The molecule has 1 unspecified atom stereocenters. The van der Waals surface area contributed by atoms with Gasteiger partial charge in [-0.3, -0.25) is 4.90 Å². The molecular weight excluding hydrogens is 368 g/mol. The van der Waals surface area contributed by atoms with Crippen LogP contribution < -0.4 is 5.32 Å². The van der Waals surface area contributed by atoms with Crippen LogP contribution in [-0.2, 0) is 10.3 Å². The third-order valence-corrected chi connectivity index (χ3v) is 7.05. The van der Waals surface area contributed by atoms with Crippen molar-refractivity contribution in [2.24, 2.45) is 17.3 Å². The van der Waals surface area contributed by atoms with Crippen LogP contribution in [0, 0.1) is 17.3 Å². The molecule has 0 saturated carbocycles. The average molecular weight is 403 g/mol. The molecule has 1 aromatic rings. The molecule has 0 aromatic heterocycles. The molecule has 2 N–H and O–H groups in total. The van der Waals surface area contributed by atoms with Gasteiger partial charge in [0.15, 0.2) is 0 Å². The summed E-state index contributed by atoms with van der Waals surface area (Å²) in [6, 6.07) is 7.34. The lowest BCUT2D eigenvalue weighted by Crippen LogP contribution is -2.61. The highest BCUT2D eigenvalue weighted by Gasteiger charge is 2.54. The molecular formula is C23H34N2O4. The second-order valence-electron chi connectivity index (χ2n) is 9.45. The lowest BCUT2D eigenvalue weighted by molar-refractivity contribution is -0.0595. The fourth-order valence-corrected chi connectivity index (χ4v) is 5.47. The lowest BCUT2D eigenvalue weighted by Gasteiger charge is -2.57. The van der Waals surface area contributed by atoms with Gasteiger partial charge in [-0.2, -0.15) is 0 Å². The Bertz CT molecular complexity index is 734. The van der Waals surface area contributed by atoms with Crippen molar-refractivity contribution in [3.8, 4) is 0 Å². The van der Waals surface area contributed by atoms with Crippen molar-refractivity contribution in [1.82, 2.24) is 10.2 Å². The SMILES string of the molecule is COC(=O)c1ccc([C@]2(C(C)(C)C)CC(C3CCNCC3)CCN2C(=O)O)cc1. The summed E-state index contributed by atoms with van der Waals surface area (Å²) >= 11 is 0. The molecule has 2 aliphatic rings. The van der Waals surface area contributed by atoms with E-state index in [4.69, 9.17) is 4.74 Å². The third kappa shape index (κ3) is 4.00. The molecule has 29 heavy (non-hydrogen) atoms. The number of nitrogens with zero attached hydrogens (tertiary/aromatic N) is 1. The Labute approximate surface area is 173 Å². The van der Waals surface area contributed by atoms with Crippen LogP contribution in [0.5, 0.6) is 0 Å². The number of ether oxygens (including phenoxy) is 1. The number of likely N-dealkylation sites (tertiary alicyclic amines) is 1. The van der Waals surface area contributed by atoms with Gasteiger partial charge in [0.1, 0.15) is 0 Å². The van der Waals surface area contributed by atoms with E-state index >= 15 is 0 Å². The number of carbonyl (C=O) groups is 2. The number of rotatable bonds is 3. The number of carboxylic acid groups (broad SMARTS) is 1. The quantitative estimate of drug-likeness (QED) is 0.744. The van der Waals surface area contributed by atoms with Crippen molar-refractivity contribution in [2.75, 3.05) is 26.7 Å². The zero-order chi connectivity index (χ0) is 21.2. The van der Waals surface area contributed by atoms with E-state index in [0.717, 1.165) is 44.3 Å². The predicted molar refractivity (Wildman–Crippen MR) is 112 cm³/mol. The van der Waals surface area contributed by atoms with E-state index in [1.165, 1.54) is 7.11 Å². The number of amides is 1. The number of methoxy groups -OCH3 is 1. The molecule has 2 saturated heterocycles. The van der Waals surface area contributed by atoms with Gasteiger partial charge >= 0.3 is 12.1 Å². The fourth-order valence-electron chi connectivity index (χ4n) is 5.47. The first-order valence-electron chi connectivity index (χ1n) is 10.6. The Kier molecular flexibility index (Phi) is 6.22. The van der Waals surface area contributed by atoms with Crippen molar-refractivity contribution in [2.45, 2.75) is 52.0 Å². The molecule has 160 valence electrons. The Hall–Kier alpha value is -2.08. The largest absolute Gasteiger partial charge is 0.465 e. The standard InChI is InChI=1S/C23H34N2O4/c1-22(2,3)23(19-7-5-17(6-8-19)20(26)29-4)15-18(11-14-25(23)21(27)28)16-9-12-24-13-10-16/h5-8,16,18,24H,9-15H2,1-4H3,(H,27,28)/t18?,23-/m0/s1. The molecule has 2 fully saturated rings. The van der Waals surface area contributed by atoms with E-state index in [0.29, 0.717) is 23.9 Å². The monoisotopic (exact) mass is 402 g/mol. The fraction of sp³-hybridized carbons (Fsp3) is 0.652. The van der Waals surface area contributed by atoms with Gasteiger partial charge in [-0.1, -0.05) is 32.9 Å². The molecule has 0 spiro atoms. The molecule has 6 nitrogen and oxygen atoms in total. The Balaban J connectivity index is 2.05. The van der Waals surface area contributed by atoms with Crippen molar-refractivity contribution in [3.05, 3.63) is 35.4 Å². The second kappa shape index (κ2) is 8.34. The summed E-state index contributed by atoms with van der Waals surface area (Å²) in [6.45, 7) is 9.01. The minimum Gasteiger partial charge on any atom is -0.465 e. The van der Waals surface area contributed by atoms with Crippen LogP contribution >= 0.6 is 0 Å².